The van der Waals surface area contributed by atoms with Gasteiger partial charge in [0.15, 0.2) is 11.9 Å². The van der Waals surface area contributed by atoms with Gasteiger partial charge < -0.3 is 20.3 Å². The molecule has 33 heavy (non-hydrogen) atoms. The topological polar surface area (TPSA) is 143 Å². The van der Waals surface area contributed by atoms with Crippen LogP contribution in [-0.2, 0) is 16.6 Å². The predicted molar refractivity (Wildman–Crippen MR) is 118 cm³/mol. The smallest absolute Gasteiger partial charge is 0.412 e. The fourth-order valence-corrected chi connectivity index (χ4v) is 3.90. The van der Waals surface area contributed by atoms with E-state index in [1.165, 1.54) is 17.8 Å². The molecule has 0 fully saturated rings. The zero-order valence-corrected chi connectivity index (χ0v) is 17.7. The minimum atomic E-state index is -1.45. The summed E-state index contributed by atoms with van der Waals surface area (Å²) in [5.74, 6) is -2.16. The lowest BCUT2D eigenvalue weighted by molar-refractivity contribution is -0.140. The molecule has 0 saturated heterocycles. The highest BCUT2D eigenvalue weighted by Gasteiger charge is 2.29. The van der Waals surface area contributed by atoms with E-state index in [2.05, 4.69) is 15.7 Å². The Morgan fingerprint density at radius 1 is 1.09 bits per heavy atom. The Kier molecular flexibility index (Phi) is 6.09. The number of anilines is 1. The number of aliphatic hydroxyl groups excluding tert-OH is 1. The van der Waals surface area contributed by atoms with Crippen LogP contribution in [0.15, 0.2) is 54.6 Å². The summed E-state index contributed by atoms with van der Waals surface area (Å²) in [5, 5.41) is 26.7. The standard InChI is InChI=1S/C23H22N4O6/c1-27-19(21(29)24-18(11-28)22(30)31)10-20(26-27)25-23(32)33-12-17-15-8-4-2-6-13(15)14-7-3-5-9-16(14)17/h2-10,17-18,28H,11-12H2,1H3,(H,24,29)(H,30,31)(H,25,26,32)/t18-/m0/s1. The summed E-state index contributed by atoms with van der Waals surface area (Å²) in [7, 11) is 1.46. The van der Waals surface area contributed by atoms with Crippen molar-refractivity contribution < 1.29 is 29.3 Å². The average molecular weight is 450 g/mol. The van der Waals surface area contributed by atoms with Gasteiger partial charge in [0, 0.05) is 19.0 Å². The van der Waals surface area contributed by atoms with Crippen LogP contribution in [0.25, 0.3) is 11.1 Å². The molecular weight excluding hydrogens is 428 g/mol. The lowest BCUT2D eigenvalue weighted by Gasteiger charge is -2.14. The SMILES string of the molecule is Cn1nc(NC(=O)OCC2c3ccccc3-c3ccccc32)cc1C(=O)N[C@@H](CO)C(=O)O. The Morgan fingerprint density at radius 2 is 1.70 bits per heavy atom. The zero-order chi connectivity index (χ0) is 23.5. The molecule has 0 unspecified atom stereocenters. The average Bonchev–Trinajstić information content (AvgIpc) is 3.33. The van der Waals surface area contributed by atoms with E-state index < -0.39 is 30.6 Å². The first-order valence-electron chi connectivity index (χ1n) is 10.2. The van der Waals surface area contributed by atoms with E-state index in [0.29, 0.717) is 0 Å². The third kappa shape index (κ3) is 4.41. The van der Waals surface area contributed by atoms with Crippen LogP contribution in [0, 0.1) is 0 Å². The molecule has 0 bridgehead atoms. The van der Waals surface area contributed by atoms with E-state index in [4.69, 9.17) is 14.9 Å². The number of carbonyl (C=O) groups is 3. The first-order valence-corrected chi connectivity index (χ1v) is 10.2. The summed E-state index contributed by atoms with van der Waals surface area (Å²) in [6.45, 7) is -0.638. The van der Waals surface area contributed by atoms with Gasteiger partial charge >= 0.3 is 12.1 Å². The van der Waals surface area contributed by atoms with Gasteiger partial charge in [0.2, 0.25) is 0 Å². The normalized spacial score (nSPS) is 13.0. The first kappa shape index (κ1) is 22.0. The van der Waals surface area contributed by atoms with Crippen molar-refractivity contribution in [3.05, 3.63) is 71.4 Å². The second-order valence-electron chi connectivity index (χ2n) is 7.54. The number of nitrogens with zero attached hydrogens (tertiary/aromatic N) is 2. The number of benzene rings is 2. The van der Waals surface area contributed by atoms with Crippen molar-refractivity contribution in [1.82, 2.24) is 15.1 Å². The van der Waals surface area contributed by atoms with Crippen molar-refractivity contribution in [2.45, 2.75) is 12.0 Å². The highest BCUT2D eigenvalue weighted by molar-refractivity contribution is 5.96. The molecule has 2 aromatic carbocycles. The fraction of sp³-hybridized carbons (Fsp3) is 0.217. The number of aliphatic carboxylic acids is 1. The molecule has 10 heteroatoms. The van der Waals surface area contributed by atoms with Crippen molar-refractivity contribution in [3.8, 4) is 11.1 Å². The van der Waals surface area contributed by atoms with E-state index in [1.807, 2.05) is 48.5 Å². The molecule has 0 radical (unpaired) electrons. The maximum Gasteiger partial charge on any atom is 0.412 e. The van der Waals surface area contributed by atoms with Gasteiger partial charge in [0.05, 0.1) is 6.61 Å². The number of amides is 2. The number of aliphatic hydroxyl groups is 1. The highest BCUT2D eigenvalue weighted by Crippen LogP contribution is 2.44. The molecule has 2 amide bonds. The molecule has 0 spiro atoms. The van der Waals surface area contributed by atoms with Crippen LogP contribution in [0.1, 0.15) is 27.5 Å². The maximum atomic E-state index is 12.4. The van der Waals surface area contributed by atoms with Crippen LogP contribution in [0.4, 0.5) is 10.6 Å². The minimum absolute atomic E-state index is 0.00338. The van der Waals surface area contributed by atoms with Crippen molar-refractivity contribution in [1.29, 1.82) is 0 Å². The summed E-state index contributed by atoms with van der Waals surface area (Å²) < 4.78 is 6.64. The Bertz CT molecular complexity index is 1180. The lowest BCUT2D eigenvalue weighted by Crippen LogP contribution is -2.43. The van der Waals surface area contributed by atoms with Gasteiger partial charge in [-0.25, -0.2) is 9.59 Å². The molecule has 4 N–H and O–H groups in total. The quantitative estimate of drug-likeness (QED) is 0.431. The Hall–Kier alpha value is -4.18. The third-order valence-corrected chi connectivity index (χ3v) is 5.47. The van der Waals surface area contributed by atoms with Gasteiger partial charge in [0.1, 0.15) is 12.3 Å². The number of hydrogen-bond donors (Lipinski definition) is 4. The first-order chi connectivity index (χ1) is 15.9. The van der Waals surface area contributed by atoms with Gasteiger partial charge in [-0.1, -0.05) is 48.5 Å². The highest BCUT2D eigenvalue weighted by atomic mass is 16.5. The number of aromatic nitrogens is 2. The molecule has 1 aliphatic rings. The number of fused-ring (bicyclic) bond motifs is 3. The summed E-state index contributed by atoms with van der Waals surface area (Å²) in [4.78, 5) is 35.7. The molecule has 4 rings (SSSR count). The fourth-order valence-electron chi connectivity index (χ4n) is 3.90. The predicted octanol–water partition coefficient (Wildman–Crippen LogP) is 1.96. The summed E-state index contributed by atoms with van der Waals surface area (Å²) in [6.07, 6.45) is -0.735. The van der Waals surface area contributed by atoms with Gasteiger partial charge in [-0.2, -0.15) is 5.10 Å². The summed E-state index contributed by atoms with van der Waals surface area (Å²) in [6, 6.07) is 15.8. The maximum absolute atomic E-state index is 12.4. The number of hydrogen-bond acceptors (Lipinski definition) is 6. The summed E-state index contributed by atoms with van der Waals surface area (Å²) >= 11 is 0. The lowest BCUT2D eigenvalue weighted by atomic mass is 9.98. The number of carboxylic acid groups (broad SMARTS) is 1. The second-order valence-corrected chi connectivity index (χ2v) is 7.54. The zero-order valence-electron chi connectivity index (χ0n) is 17.7. The van der Waals surface area contributed by atoms with Crippen LogP contribution >= 0.6 is 0 Å². The van der Waals surface area contributed by atoms with Crippen molar-refractivity contribution in [2.75, 3.05) is 18.5 Å². The molecule has 0 saturated carbocycles. The molecule has 10 nitrogen and oxygen atoms in total. The molecular formula is C23H22N4O6. The Morgan fingerprint density at radius 3 is 2.27 bits per heavy atom. The van der Waals surface area contributed by atoms with Gasteiger partial charge in [-0.05, 0) is 22.3 Å². The molecule has 0 aliphatic heterocycles. The number of ether oxygens (including phenoxy) is 1. The molecule has 1 heterocycles. The Balaban J connectivity index is 1.41. The molecule has 170 valence electrons. The van der Waals surface area contributed by atoms with Crippen molar-refractivity contribution in [3.63, 3.8) is 0 Å². The van der Waals surface area contributed by atoms with Crippen LogP contribution in [-0.4, -0.2) is 57.2 Å². The Labute approximate surface area is 188 Å². The second kappa shape index (κ2) is 9.13. The number of carbonyl (C=O) groups excluding carboxylic acids is 2. The van der Waals surface area contributed by atoms with Crippen LogP contribution in [0.2, 0.25) is 0 Å². The molecule has 1 atom stereocenters. The number of carboxylic acids is 1. The van der Waals surface area contributed by atoms with Gasteiger partial charge in [-0.3, -0.25) is 14.8 Å². The molecule has 1 aromatic heterocycles. The van der Waals surface area contributed by atoms with Gasteiger partial charge in [-0.15, -0.1) is 0 Å². The summed E-state index contributed by atoms with van der Waals surface area (Å²) in [5.41, 5.74) is 4.40. The monoisotopic (exact) mass is 450 g/mol. The van der Waals surface area contributed by atoms with Gasteiger partial charge in [0.25, 0.3) is 5.91 Å². The minimum Gasteiger partial charge on any atom is -0.480 e. The van der Waals surface area contributed by atoms with E-state index in [9.17, 15) is 14.4 Å². The molecule has 3 aromatic rings. The largest absolute Gasteiger partial charge is 0.480 e. The number of rotatable bonds is 7. The van der Waals surface area contributed by atoms with Crippen LogP contribution in [0.3, 0.4) is 0 Å². The van der Waals surface area contributed by atoms with E-state index in [0.717, 1.165) is 22.3 Å². The van der Waals surface area contributed by atoms with Crippen LogP contribution in [0.5, 0.6) is 0 Å². The number of nitrogens with one attached hydrogen (secondary N) is 2. The number of aryl methyl sites for hydroxylation is 1. The van der Waals surface area contributed by atoms with Crippen molar-refractivity contribution in [2.24, 2.45) is 7.05 Å². The van der Waals surface area contributed by atoms with E-state index in [-0.39, 0.29) is 24.0 Å². The van der Waals surface area contributed by atoms with Crippen molar-refractivity contribution >= 4 is 23.8 Å². The third-order valence-electron chi connectivity index (χ3n) is 5.47. The van der Waals surface area contributed by atoms with E-state index >= 15 is 0 Å². The molecule has 1 aliphatic carbocycles. The van der Waals surface area contributed by atoms with E-state index in [1.54, 1.807) is 0 Å². The van der Waals surface area contributed by atoms with Crippen LogP contribution < -0.4 is 10.6 Å².